The van der Waals surface area contributed by atoms with E-state index in [9.17, 15) is 9.59 Å². The molecule has 0 saturated heterocycles. The van der Waals surface area contributed by atoms with Gasteiger partial charge in [0, 0.05) is 0 Å². The summed E-state index contributed by atoms with van der Waals surface area (Å²) >= 11 is 0. The number of ether oxygens (including phenoxy) is 2. The monoisotopic (exact) mass is 340 g/mol. The van der Waals surface area contributed by atoms with Gasteiger partial charge in [-0.1, -0.05) is 50.2 Å². The first-order chi connectivity index (χ1) is 11.9. The van der Waals surface area contributed by atoms with Crippen molar-refractivity contribution in [2.45, 2.75) is 33.1 Å². The number of rotatable bonds is 6. The highest BCUT2D eigenvalue weighted by Gasteiger charge is 2.21. The number of carbonyl (C=O) groups is 2. The van der Waals surface area contributed by atoms with E-state index in [2.05, 4.69) is 13.8 Å². The van der Waals surface area contributed by atoms with Crippen molar-refractivity contribution in [1.82, 2.24) is 0 Å². The molecule has 0 unspecified atom stereocenters. The normalized spacial score (nSPS) is 11.9. The molecule has 0 N–H and O–H groups in total. The zero-order valence-electron chi connectivity index (χ0n) is 15.1. The molecule has 0 radical (unpaired) electrons. The van der Waals surface area contributed by atoms with E-state index in [-0.39, 0.29) is 11.3 Å². The van der Waals surface area contributed by atoms with Gasteiger partial charge in [-0.3, -0.25) is 4.79 Å². The average molecular weight is 340 g/mol. The maximum absolute atomic E-state index is 12.5. The Morgan fingerprint density at radius 3 is 2.20 bits per heavy atom. The number of esters is 2. The Hall–Kier alpha value is -2.62. The molecular weight excluding hydrogens is 316 g/mol. The summed E-state index contributed by atoms with van der Waals surface area (Å²) in [6.07, 6.45) is 1.01. The lowest BCUT2D eigenvalue weighted by molar-refractivity contribution is -0.135. The molecule has 4 heteroatoms. The highest BCUT2D eigenvalue weighted by molar-refractivity contribution is 5.93. The second-order valence-electron chi connectivity index (χ2n) is 6.47. The van der Waals surface area contributed by atoms with Crippen molar-refractivity contribution in [3.8, 4) is 5.75 Å². The molecule has 0 heterocycles. The number of hydrogen-bond acceptors (Lipinski definition) is 4. The lowest BCUT2D eigenvalue weighted by atomic mass is 9.97. The fourth-order valence-corrected chi connectivity index (χ4v) is 2.58. The lowest BCUT2D eigenvalue weighted by Crippen LogP contribution is -2.18. The van der Waals surface area contributed by atoms with Crippen LogP contribution in [0.15, 0.2) is 48.5 Å². The summed E-state index contributed by atoms with van der Waals surface area (Å²) < 4.78 is 10.2. The van der Waals surface area contributed by atoms with Crippen molar-refractivity contribution in [3.05, 3.63) is 65.2 Å². The predicted molar refractivity (Wildman–Crippen MR) is 96.8 cm³/mol. The van der Waals surface area contributed by atoms with Gasteiger partial charge in [0.1, 0.15) is 11.3 Å². The summed E-state index contributed by atoms with van der Waals surface area (Å²) in [6, 6.07) is 14.6. The molecule has 0 saturated carbocycles. The van der Waals surface area contributed by atoms with Gasteiger partial charge in [0.05, 0.1) is 13.0 Å². The first kappa shape index (κ1) is 18.7. The fourth-order valence-electron chi connectivity index (χ4n) is 2.58. The van der Waals surface area contributed by atoms with Gasteiger partial charge in [-0.25, -0.2) is 4.79 Å². The summed E-state index contributed by atoms with van der Waals surface area (Å²) in [4.78, 5) is 24.2. The number of methoxy groups -OCH3 is 1. The number of carbonyl (C=O) groups excluding carboxylic acids is 2. The molecule has 0 aromatic heterocycles. The molecule has 0 fully saturated rings. The average Bonchev–Trinajstić information content (AvgIpc) is 2.61. The molecule has 0 bridgehead atoms. The van der Waals surface area contributed by atoms with Crippen LogP contribution in [-0.4, -0.2) is 19.0 Å². The van der Waals surface area contributed by atoms with Gasteiger partial charge in [0.2, 0.25) is 0 Å². The molecule has 0 aliphatic heterocycles. The first-order valence-electron chi connectivity index (χ1n) is 8.40. The molecular formula is C21H24O4. The molecule has 25 heavy (non-hydrogen) atoms. The summed E-state index contributed by atoms with van der Waals surface area (Å²) in [5.41, 5.74) is 2.36. The number of para-hydroxylation sites is 1. The zero-order chi connectivity index (χ0) is 18.4. The predicted octanol–water partition coefficient (Wildman–Crippen LogP) is 4.38. The van der Waals surface area contributed by atoms with Crippen LogP contribution in [-0.2, 0) is 16.0 Å². The Morgan fingerprint density at radius 1 is 0.960 bits per heavy atom. The van der Waals surface area contributed by atoms with Crippen molar-refractivity contribution in [1.29, 1.82) is 0 Å². The zero-order valence-corrected chi connectivity index (χ0v) is 15.1. The van der Waals surface area contributed by atoms with Crippen molar-refractivity contribution in [2.24, 2.45) is 5.92 Å². The molecule has 2 rings (SSSR count). The van der Waals surface area contributed by atoms with Crippen molar-refractivity contribution < 1.29 is 19.1 Å². The Balaban J connectivity index is 2.12. The van der Waals surface area contributed by atoms with Crippen LogP contribution in [0.4, 0.5) is 0 Å². The molecule has 2 aromatic carbocycles. The molecule has 4 nitrogen and oxygen atoms in total. The maximum atomic E-state index is 12.5. The highest BCUT2D eigenvalue weighted by atomic mass is 16.5. The molecule has 2 aromatic rings. The van der Waals surface area contributed by atoms with E-state index in [1.54, 1.807) is 31.2 Å². The second-order valence-corrected chi connectivity index (χ2v) is 6.47. The van der Waals surface area contributed by atoms with Gasteiger partial charge in [-0.05, 0) is 42.5 Å². The Kier molecular flexibility index (Phi) is 6.34. The number of hydrogen-bond donors (Lipinski definition) is 0. The number of benzene rings is 2. The summed E-state index contributed by atoms with van der Waals surface area (Å²) in [5.74, 6) is -0.577. The van der Waals surface area contributed by atoms with Crippen LogP contribution >= 0.6 is 0 Å². The minimum absolute atomic E-state index is 0.211. The quantitative estimate of drug-likeness (QED) is 0.578. The third kappa shape index (κ3) is 4.92. The van der Waals surface area contributed by atoms with E-state index >= 15 is 0 Å². The minimum Gasteiger partial charge on any atom is -0.465 e. The van der Waals surface area contributed by atoms with E-state index < -0.39 is 17.9 Å². The SMILES string of the molecule is COC(=O)c1ccccc1OC(=O)[C@@H](C)c1ccc(CC(C)C)cc1. The smallest absolute Gasteiger partial charge is 0.341 e. The fraction of sp³-hybridized carbons (Fsp3) is 0.333. The van der Waals surface area contributed by atoms with E-state index in [0.717, 1.165) is 12.0 Å². The van der Waals surface area contributed by atoms with Crippen molar-refractivity contribution >= 4 is 11.9 Å². The van der Waals surface area contributed by atoms with Crippen molar-refractivity contribution in [3.63, 3.8) is 0 Å². The summed E-state index contributed by atoms with van der Waals surface area (Å²) in [6.45, 7) is 6.14. The topological polar surface area (TPSA) is 52.6 Å². The maximum Gasteiger partial charge on any atom is 0.341 e. The van der Waals surface area contributed by atoms with Crippen LogP contribution in [0.3, 0.4) is 0 Å². The van der Waals surface area contributed by atoms with Gasteiger partial charge in [0.15, 0.2) is 0 Å². The minimum atomic E-state index is -0.533. The standard InChI is InChI=1S/C21H24O4/c1-14(2)13-16-9-11-17(12-10-16)15(3)20(22)25-19-8-6-5-7-18(19)21(23)24-4/h5-12,14-15H,13H2,1-4H3/t15-/m0/s1. The van der Waals surface area contributed by atoms with Gasteiger partial charge in [-0.15, -0.1) is 0 Å². The second kappa shape index (κ2) is 8.47. The Bertz CT molecular complexity index is 732. The third-order valence-electron chi connectivity index (χ3n) is 3.98. The van der Waals surface area contributed by atoms with E-state index in [0.29, 0.717) is 5.92 Å². The Labute approximate surface area is 148 Å². The summed E-state index contributed by atoms with van der Waals surface area (Å²) in [5, 5.41) is 0. The lowest BCUT2D eigenvalue weighted by Gasteiger charge is -2.14. The largest absolute Gasteiger partial charge is 0.465 e. The molecule has 0 aliphatic carbocycles. The van der Waals surface area contributed by atoms with Gasteiger partial charge >= 0.3 is 11.9 Å². The molecule has 132 valence electrons. The third-order valence-corrected chi connectivity index (χ3v) is 3.98. The van der Waals surface area contributed by atoms with Gasteiger partial charge < -0.3 is 9.47 Å². The van der Waals surface area contributed by atoms with Crippen LogP contribution in [0.2, 0.25) is 0 Å². The first-order valence-corrected chi connectivity index (χ1v) is 8.40. The van der Waals surface area contributed by atoms with Crippen LogP contribution in [0, 0.1) is 5.92 Å². The van der Waals surface area contributed by atoms with Gasteiger partial charge in [-0.2, -0.15) is 0 Å². The molecule has 0 amide bonds. The molecule has 0 spiro atoms. The van der Waals surface area contributed by atoms with E-state index in [1.165, 1.54) is 12.7 Å². The summed E-state index contributed by atoms with van der Waals surface area (Å²) in [7, 11) is 1.29. The highest BCUT2D eigenvalue weighted by Crippen LogP contribution is 2.24. The van der Waals surface area contributed by atoms with E-state index in [4.69, 9.17) is 9.47 Å². The Morgan fingerprint density at radius 2 is 1.60 bits per heavy atom. The molecule has 1 atom stereocenters. The van der Waals surface area contributed by atoms with Crippen LogP contribution < -0.4 is 4.74 Å². The van der Waals surface area contributed by atoms with E-state index in [1.807, 2.05) is 24.3 Å². The van der Waals surface area contributed by atoms with Crippen molar-refractivity contribution in [2.75, 3.05) is 7.11 Å². The molecule has 0 aliphatic rings. The van der Waals surface area contributed by atoms with Crippen LogP contribution in [0.25, 0.3) is 0 Å². The van der Waals surface area contributed by atoms with Crippen LogP contribution in [0.1, 0.15) is 48.2 Å². The van der Waals surface area contributed by atoms with Gasteiger partial charge in [0.25, 0.3) is 0 Å². The van der Waals surface area contributed by atoms with Crippen LogP contribution in [0.5, 0.6) is 5.75 Å².